The van der Waals surface area contributed by atoms with Crippen LogP contribution in [0.2, 0.25) is 0 Å². The average Bonchev–Trinajstić information content (AvgIpc) is 2.56. The van der Waals surface area contributed by atoms with Crippen LogP contribution in [-0.2, 0) is 6.54 Å². The largest absolute Gasteiger partial charge is 0.443 e. The van der Waals surface area contributed by atoms with Crippen LogP contribution in [0.15, 0.2) is 15.3 Å². The summed E-state index contributed by atoms with van der Waals surface area (Å²) in [5.74, 6) is 0.797. The minimum Gasteiger partial charge on any atom is -0.443 e. The van der Waals surface area contributed by atoms with E-state index in [1.165, 1.54) is 0 Å². The fraction of sp³-hybridized carbons (Fsp3) is 0.250. The highest BCUT2D eigenvalue weighted by Crippen LogP contribution is 2.12. The number of nitrogens with one attached hydrogen (secondary N) is 1. The highest BCUT2D eigenvalue weighted by molar-refractivity contribution is 5.85. The van der Waals surface area contributed by atoms with Gasteiger partial charge in [0.05, 0.1) is 6.54 Å². The van der Waals surface area contributed by atoms with E-state index in [-0.39, 0.29) is 18.0 Å². The Morgan fingerprint density at radius 2 is 2.00 bits per heavy atom. The molecule has 0 atom stereocenters. The van der Waals surface area contributed by atoms with Crippen molar-refractivity contribution in [1.82, 2.24) is 9.88 Å². The number of aromatic amines is 1. The molecule has 2 rings (SSSR count). The Balaban J connectivity index is 0.00000144. The molecular formula is C12H15ClN2O2. The SMILES string of the molecule is C=c1c(=O)[nH]c2oc(CN(C)C)cc2c1=C.Cl. The second kappa shape index (κ2) is 4.77. The fourth-order valence-corrected chi connectivity index (χ4v) is 1.63. The first-order valence-electron chi connectivity index (χ1n) is 4.96. The number of aromatic nitrogens is 1. The standard InChI is InChI=1S/C12H14N2O2.ClH/c1-7-8(2)11(15)13-12-10(7)5-9(16-12)6-14(3)4;/h5H,1-2,6H2,3-4H3,(H,13,15);1H. The number of rotatable bonds is 2. The zero-order valence-electron chi connectivity index (χ0n) is 9.87. The minimum atomic E-state index is -0.247. The fourth-order valence-electron chi connectivity index (χ4n) is 1.63. The molecule has 2 heterocycles. The second-order valence-corrected chi connectivity index (χ2v) is 4.10. The molecule has 92 valence electrons. The van der Waals surface area contributed by atoms with Gasteiger partial charge in [-0.05, 0) is 25.4 Å². The highest BCUT2D eigenvalue weighted by atomic mass is 35.5. The van der Waals surface area contributed by atoms with Crippen LogP contribution >= 0.6 is 12.4 Å². The van der Waals surface area contributed by atoms with Crippen molar-refractivity contribution in [2.24, 2.45) is 0 Å². The molecule has 2 aromatic heterocycles. The number of hydrogen-bond acceptors (Lipinski definition) is 3. The van der Waals surface area contributed by atoms with Crippen molar-refractivity contribution in [2.75, 3.05) is 14.1 Å². The predicted octanol–water partition coefficient (Wildman–Crippen LogP) is 0.425. The monoisotopic (exact) mass is 254 g/mol. The third kappa shape index (κ3) is 2.43. The van der Waals surface area contributed by atoms with Crippen molar-refractivity contribution >= 4 is 36.7 Å². The van der Waals surface area contributed by atoms with E-state index in [1.54, 1.807) is 0 Å². The van der Waals surface area contributed by atoms with Gasteiger partial charge in [-0.3, -0.25) is 9.78 Å². The first-order valence-corrected chi connectivity index (χ1v) is 4.96. The van der Waals surface area contributed by atoms with Crippen molar-refractivity contribution in [1.29, 1.82) is 0 Å². The van der Waals surface area contributed by atoms with Crippen molar-refractivity contribution < 1.29 is 4.42 Å². The zero-order valence-corrected chi connectivity index (χ0v) is 10.7. The number of pyridine rings is 1. The van der Waals surface area contributed by atoms with Gasteiger partial charge in [0.25, 0.3) is 5.56 Å². The zero-order chi connectivity index (χ0) is 11.9. The van der Waals surface area contributed by atoms with E-state index in [4.69, 9.17) is 4.42 Å². The van der Waals surface area contributed by atoms with Crippen LogP contribution in [0.3, 0.4) is 0 Å². The van der Waals surface area contributed by atoms with Crippen molar-refractivity contribution in [3.05, 3.63) is 32.6 Å². The van der Waals surface area contributed by atoms with Gasteiger partial charge in [0, 0.05) is 10.6 Å². The summed E-state index contributed by atoms with van der Waals surface area (Å²) in [6, 6.07) is 1.89. The summed E-state index contributed by atoms with van der Waals surface area (Å²) in [5, 5.41) is 1.85. The molecule has 17 heavy (non-hydrogen) atoms. The normalized spacial score (nSPS) is 10.8. The quantitative estimate of drug-likeness (QED) is 0.845. The molecule has 0 aromatic carbocycles. The molecule has 0 saturated heterocycles. The first kappa shape index (κ1) is 13.5. The smallest absolute Gasteiger partial charge is 0.257 e. The van der Waals surface area contributed by atoms with E-state index in [0.717, 1.165) is 11.1 Å². The Hall–Kier alpha value is -1.52. The van der Waals surface area contributed by atoms with E-state index in [1.807, 2.05) is 25.1 Å². The lowest BCUT2D eigenvalue weighted by Gasteiger charge is -2.04. The lowest BCUT2D eigenvalue weighted by molar-refractivity contribution is 0.357. The molecule has 0 spiro atoms. The van der Waals surface area contributed by atoms with Gasteiger partial charge in [-0.15, -0.1) is 12.4 Å². The Kier molecular flexibility index (Phi) is 3.80. The van der Waals surface area contributed by atoms with Crippen LogP contribution < -0.4 is 16.0 Å². The van der Waals surface area contributed by atoms with Crippen LogP contribution in [-0.4, -0.2) is 24.0 Å². The van der Waals surface area contributed by atoms with E-state index in [0.29, 0.717) is 22.7 Å². The number of furan rings is 1. The maximum absolute atomic E-state index is 11.5. The molecule has 0 aliphatic heterocycles. The van der Waals surface area contributed by atoms with Gasteiger partial charge >= 0.3 is 0 Å². The number of H-pyrrole nitrogens is 1. The van der Waals surface area contributed by atoms with Crippen molar-refractivity contribution in [2.45, 2.75) is 6.54 Å². The number of hydrogen-bond donors (Lipinski definition) is 1. The summed E-state index contributed by atoms with van der Waals surface area (Å²) in [7, 11) is 3.90. The molecule has 0 aliphatic rings. The Morgan fingerprint density at radius 3 is 2.59 bits per heavy atom. The van der Waals surface area contributed by atoms with Gasteiger partial charge < -0.3 is 9.32 Å². The number of halogens is 1. The topological polar surface area (TPSA) is 49.2 Å². The van der Waals surface area contributed by atoms with Crippen LogP contribution in [0.25, 0.3) is 24.3 Å². The van der Waals surface area contributed by atoms with E-state index in [2.05, 4.69) is 18.1 Å². The average molecular weight is 255 g/mol. The first-order chi connectivity index (χ1) is 7.49. The summed E-state index contributed by atoms with van der Waals surface area (Å²) >= 11 is 0. The summed E-state index contributed by atoms with van der Waals surface area (Å²) in [6.45, 7) is 8.21. The van der Waals surface area contributed by atoms with Crippen LogP contribution in [0.5, 0.6) is 0 Å². The molecule has 0 fully saturated rings. The maximum Gasteiger partial charge on any atom is 0.257 e. The molecular weight excluding hydrogens is 240 g/mol. The third-order valence-corrected chi connectivity index (χ3v) is 2.45. The van der Waals surface area contributed by atoms with Crippen molar-refractivity contribution in [3.63, 3.8) is 0 Å². The van der Waals surface area contributed by atoms with Crippen LogP contribution in [0.4, 0.5) is 0 Å². The van der Waals surface area contributed by atoms with Crippen LogP contribution in [0.1, 0.15) is 5.76 Å². The molecule has 0 aliphatic carbocycles. The molecule has 0 radical (unpaired) electrons. The van der Waals surface area contributed by atoms with E-state index in [9.17, 15) is 4.79 Å². The second-order valence-electron chi connectivity index (χ2n) is 4.10. The summed E-state index contributed by atoms with van der Waals surface area (Å²) in [4.78, 5) is 16.1. The van der Waals surface area contributed by atoms with Crippen LogP contribution in [0, 0.1) is 0 Å². The number of fused-ring (bicyclic) bond motifs is 1. The molecule has 0 bridgehead atoms. The molecule has 5 heteroatoms. The van der Waals surface area contributed by atoms with Gasteiger partial charge in [0.2, 0.25) is 5.71 Å². The third-order valence-electron chi connectivity index (χ3n) is 2.45. The molecule has 4 nitrogen and oxygen atoms in total. The van der Waals surface area contributed by atoms with Gasteiger partial charge in [-0.2, -0.15) is 0 Å². The van der Waals surface area contributed by atoms with Gasteiger partial charge in [0.15, 0.2) is 0 Å². The summed E-state index contributed by atoms with van der Waals surface area (Å²) in [6.07, 6.45) is 0. The highest BCUT2D eigenvalue weighted by Gasteiger charge is 2.07. The Morgan fingerprint density at radius 1 is 1.35 bits per heavy atom. The summed E-state index contributed by atoms with van der Waals surface area (Å²) in [5.41, 5.74) is 0.225. The number of nitrogens with zero attached hydrogens (tertiary/aromatic N) is 1. The molecule has 0 amide bonds. The lowest BCUT2D eigenvalue weighted by Crippen LogP contribution is -2.38. The predicted molar refractivity (Wildman–Crippen MR) is 71.8 cm³/mol. The van der Waals surface area contributed by atoms with Gasteiger partial charge in [0.1, 0.15) is 5.76 Å². The minimum absolute atomic E-state index is 0. The molecule has 1 N–H and O–H groups in total. The maximum atomic E-state index is 11.5. The molecule has 2 aromatic rings. The lowest BCUT2D eigenvalue weighted by atomic mass is 10.2. The van der Waals surface area contributed by atoms with E-state index < -0.39 is 0 Å². The van der Waals surface area contributed by atoms with Gasteiger partial charge in [-0.25, -0.2) is 0 Å². The van der Waals surface area contributed by atoms with Gasteiger partial charge in [-0.1, -0.05) is 13.2 Å². The Bertz CT molecular complexity index is 685. The molecule has 0 unspecified atom stereocenters. The summed E-state index contributed by atoms with van der Waals surface area (Å²) < 4.78 is 5.53. The van der Waals surface area contributed by atoms with E-state index >= 15 is 0 Å². The molecule has 0 saturated carbocycles. The Labute approximate surface area is 105 Å². The van der Waals surface area contributed by atoms with Crippen molar-refractivity contribution in [3.8, 4) is 0 Å².